The Kier molecular flexibility index (Phi) is 7.90. The van der Waals surface area contributed by atoms with E-state index < -0.39 is 6.10 Å². The second-order valence-corrected chi connectivity index (χ2v) is 6.13. The van der Waals surface area contributed by atoms with E-state index in [0.717, 1.165) is 31.2 Å². The molecule has 0 saturated heterocycles. The Hall–Kier alpha value is -0.280. The first-order chi connectivity index (χ1) is 9.54. The highest BCUT2D eigenvalue weighted by Crippen LogP contribution is 2.32. The third kappa shape index (κ3) is 4.63. The van der Waals surface area contributed by atoms with Crippen LogP contribution >= 0.6 is 23.2 Å². The average molecular weight is 318 g/mol. The molecule has 1 aromatic rings. The van der Waals surface area contributed by atoms with Crippen molar-refractivity contribution in [1.82, 2.24) is 0 Å². The number of benzene rings is 1. The summed E-state index contributed by atoms with van der Waals surface area (Å²) in [5, 5.41) is 11.7. The number of hydrogen-bond donors (Lipinski definition) is 2. The fraction of sp³-hybridized carbons (Fsp3) is 0.625. The third-order valence-electron chi connectivity index (χ3n) is 3.97. The summed E-state index contributed by atoms with van der Waals surface area (Å²) in [6, 6.07) is 5.49. The normalized spacial score (nSPS) is 15.9. The number of unbranched alkanes of at least 4 members (excludes halogenated alkanes) is 1. The maximum atomic E-state index is 10.7. The number of aliphatic hydroxyl groups excluding tert-OH is 1. The first kappa shape index (κ1) is 17.8. The Balaban J connectivity index is 2.89. The zero-order valence-electron chi connectivity index (χ0n) is 12.3. The number of hydrogen-bond acceptors (Lipinski definition) is 2. The smallest absolute Gasteiger partial charge is 0.0648 e. The highest BCUT2D eigenvalue weighted by molar-refractivity contribution is 6.42. The monoisotopic (exact) mass is 317 g/mol. The van der Waals surface area contributed by atoms with Gasteiger partial charge in [-0.3, -0.25) is 0 Å². The van der Waals surface area contributed by atoms with Crippen LogP contribution in [0.25, 0.3) is 0 Å². The average Bonchev–Trinajstić information content (AvgIpc) is 2.44. The molecular formula is C16H25Cl2NO. The summed E-state index contributed by atoms with van der Waals surface area (Å²) in [6.45, 7) is 4.69. The molecule has 0 radical (unpaired) electrons. The first-order valence-corrected chi connectivity index (χ1v) is 8.13. The van der Waals surface area contributed by atoms with E-state index in [0.29, 0.717) is 16.6 Å². The Morgan fingerprint density at radius 2 is 1.90 bits per heavy atom. The highest BCUT2D eigenvalue weighted by Gasteiger charge is 2.27. The van der Waals surface area contributed by atoms with Gasteiger partial charge in [-0.15, -0.1) is 0 Å². The SMILES string of the molecule is CCCCC(CC)C(O)C(CN)c1ccc(Cl)c(Cl)c1. The molecule has 3 N–H and O–H groups in total. The molecule has 0 amide bonds. The minimum atomic E-state index is -0.436. The van der Waals surface area contributed by atoms with Crippen molar-refractivity contribution in [3.8, 4) is 0 Å². The quantitative estimate of drug-likeness (QED) is 0.735. The Labute approximate surface area is 132 Å². The Morgan fingerprint density at radius 3 is 2.40 bits per heavy atom. The predicted molar refractivity (Wildman–Crippen MR) is 87.6 cm³/mol. The highest BCUT2D eigenvalue weighted by atomic mass is 35.5. The minimum absolute atomic E-state index is 0.0911. The van der Waals surface area contributed by atoms with Crippen molar-refractivity contribution >= 4 is 23.2 Å². The summed E-state index contributed by atoms with van der Waals surface area (Å²) >= 11 is 12.0. The Morgan fingerprint density at radius 1 is 1.20 bits per heavy atom. The lowest BCUT2D eigenvalue weighted by atomic mass is 9.82. The van der Waals surface area contributed by atoms with Gasteiger partial charge >= 0.3 is 0 Å². The van der Waals surface area contributed by atoms with Gasteiger partial charge in [-0.25, -0.2) is 0 Å². The number of nitrogens with two attached hydrogens (primary N) is 1. The van der Waals surface area contributed by atoms with Crippen molar-refractivity contribution in [2.24, 2.45) is 11.7 Å². The fourth-order valence-electron chi connectivity index (χ4n) is 2.63. The van der Waals surface area contributed by atoms with E-state index in [9.17, 15) is 5.11 Å². The molecule has 0 bridgehead atoms. The van der Waals surface area contributed by atoms with Crippen molar-refractivity contribution in [3.63, 3.8) is 0 Å². The molecule has 0 aliphatic carbocycles. The molecule has 3 unspecified atom stereocenters. The van der Waals surface area contributed by atoms with Crippen molar-refractivity contribution < 1.29 is 5.11 Å². The standard InChI is InChI=1S/C16H25Cl2NO/c1-3-5-6-11(4-2)16(20)13(10-19)12-7-8-14(17)15(18)9-12/h7-9,11,13,16,20H,3-6,10,19H2,1-2H3. The summed E-state index contributed by atoms with van der Waals surface area (Å²) in [4.78, 5) is 0. The van der Waals surface area contributed by atoms with Crippen LogP contribution in [0.2, 0.25) is 10.0 Å². The van der Waals surface area contributed by atoms with Crippen LogP contribution in [0.3, 0.4) is 0 Å². The predicted octanol–water partition coefficient (Wildman–Crippen LogP) is 4.61. The molecule has 0 aliphatic rings. The van der Waals surface area contributed by atoms with E-state index >= 15 is 0 Å². The van der Waals surface area contributed by atoms with E-state index in [1.807, 2.05) is 12.1 Å². The van der Waals surface area contributed by atoms with Gasteiger partial charge in [0, 0.05) is 12.5 Å². The topological polar surface area (TPSA) is 46.2 Å². The van der Waals surface area contributed by atoms with Gasteiger partial charge in [0.1, 0.15) is 0 Å². The van der Waals surface area contributed by atoms with Gasteiger partial charge in [-0.2, -0.15) is 0 Å². The molecule has 2 nitrogen and oxygen atoms in total. The van der Waals surface area contributed by atoms with Crippen LogP contribution in [0.5, 0.6) is 0 Å². The maximum absolute atomic E-state index is 10.7. The van der Waals surface area contributed by atoms with E-state index in [-0.39, 0.29) is 11.8 Å². The number of rotatable bonds is 8. The second-order valence-electron chi connectivity index (χ2n) is 5.32. The molecule has 0 aliphatic heterocycles. The zero-order chi connectivity index (χ0) is 15.1. The minimum Gasteiger partial charge on any atom is -0.392 e. The van der Waals surface area contributed by atoms with Crippen molar-refractivity contribution in [2.45, 2.75) is 51.6 Å². The van der Waals surface area contributed by atoms with Gasteiger partial charge < -0.3 is 10.8 Å². The van der Waals surface area contributed by atoms with Crippen LogP contribution in [-0.4, -0.2) is 17.8 Å². The van der Waals surface area contributed by atoms with Crippen LogP contribution in [0.4, 0.5) is 0 Å². The van der Waals surface area contributed by atoms with Crippen LogP contribution in [0.1, 0.15) is 51.0 Å². The lowest BCUT2D eigenvalue weighted by Crippen LogP contribution is -2.32. The first-order valence-electron chi connectivity index (χ1n) is 7.38. The lowest BCUT2D eigenvalue weighted by Gasteiger charge is -2.29. The van der Waals surface area contributed by atoms with Gasteiger partial charge in [-0.05, 0) is 30.0 Å². The van der Waals surface area contributed by atoms with E-state index in [1.165, 1.54) is 0 Å². The largest absolute Gasteiger partial charge is 0.392 e. The van der Waals surface area contributed by atoms with Crippen LogP contribution in [-0.2, 0) is 0 Å². The van der Waals surface area contributed by atoms with Gasteiger partial charge in [0.15, 0.2) is 0 Å². The molecule has 0 saturated carbocycles. The summed E-state index contributed by atoms with van der Waals surface area (Å²) < 4.78 is 0. The summed E-state index contributed by atoms with van der Waals surface area (Å²) in [5.41, 5.74) is 6.84. The van der Waals surface area contributed by atoms with Gasteiger partial charge in [0.25, 0.3) is 0 Å². The molecule has 0 fully saturated rings. The second kappa shape index (κ2) is 8.89. The number of aliphatic hydroxyl groups is 1. The molecule has 4 heteroatoms. The molecule has 1 aromatic carbocycles. The van der Waals surface area contributed by atoms with Crippen molar-refractivity contribution in [2.75, 3.05) is 6.54 Å². The number of halogens is 2. The van der Waals surface area contributed by atoms with Gasteiger partial charge in [0.2, 0.25) is 0 Å². The zero-order valence-corrected chi connectivity index (χ0v) is 13.8. The van der Waals surface area contributed by atoms with Crippen molar-refractivity contribution in [3.05, 3.63) is 33.8 Å². The maximum Gasteiger partial charge on any atom is 0.0648 e. The van der Waals surface area contributed by atoms with E-state index in [4.69, 9.17) is 28.9 Å². The molecule has 1 rings (SSSR count). The van der Waals surface area contributed by atoms with Gasteiger partial charge in [-0.1, -0.05) is 62.4 Å². The molecule has 3 atom stereocenters. The molecule has 114 valence electrons. The fourth-order valence-corrected chi connectivity index (χ4v) is 2.93. The Bertz CT molecular complexity index is 411. The van der Waals surface area contributed by atoms with Crippen LogP contribution < -0.4 is 5.73 Å². The summed E-state index contributed by atoms with van der Waals surface area (Å²) in [5.74, 6) is 0.185. The lowest BCUT2D eigenvalue weighted by molar-refractivity contribution is 0.0743. The molecule has 0 heterocycles. The summed E-state index contributed by atoms with van der Waals surface area (Å²) in [6.07, 6.45) is 3.83. The summed E-state index contributed by atoms with van der Waals surface area (Å²) in [7, 11) is 0. The molecule has 0 aromatic heterocycles. The van der Waals surface area contributed by atoms with Gasteiger partial charge in [0.05, 0.1) is 16.1 Å². The van der Waals surface area contributed by atoms with Crippen molar-refractivity contribution in [1.29, 1.82) is 0 Å². The van der Waals surface area contributed by atoms with E-state index in [2.05, 4.69) is 13.8 Å². The molecule has 0 spiro atoms. The third-order valence-corrected chi connectivity index (χ3v) is 4.71. The van der Waals surface area contributed by atoms with E-state index in [1.54, 1.807) is 6.07 Å². The van der Waals surface area contributed by atoms with Crippen LogP contribution in [0, 0.1) is 5.92 Å². The van der Waals surface area contributed by atoms with Crippen LogP contribution in [0.15, 0.2) is 18.2 Å². The molecular weight excluding hydrogens is 293 g/mol. The molecule has 20 heavy (non-hydrogen) atoms.